The van der Waals surface area contributed by atoms with Gasteiger partial charge in [-0.15, -0.1) is 0 Å². The van der Waals surface area contributed by atoms with Crippen molar-refractivity contribution in [2.45, 2.75) is 26.2 Å². The van der Waals surface area contributed by atoms with Gasteiger partial charge in [0.25, 0.3) is 0 Å². The summed E-state index contributed by atoms with van der Waals surface area (Å²) in [5.41, 5.74) is 1.52. The van der Waals surface area contributed by atoms with Gasteiger partial charge in [0.1, 0.15) is 5.75 Å². The number of hydrogen-bond acceptors (Lipinski definition) is 3. The van der Waals surface area contributed by atoms with Crippen molar-refractivity contribution in [2.24, 2.45) is 11.3 Å². The van der Waals surface area contributed by atoms with Gasteiger partial charge < -0.3 is 9.47 Å². The minimum absolute atomic E-state index is 0.117. The Morgan fingerprint density at radius 2 is 2.33 bits per heavy atom. The lowest BCUT2D eigenvalue weighted by molar-refractivity contribution is -0.146. The molecule has 1 saturated heterocycles. The summed E-state index contributed by atoms with van der Waals surface area (Å²) in [6, 6.07) is 5.61. The van der Waals surface area contributed by atoms with Crippen molar-refractivity contribution in [1.29, 1.82) is 0 Å². The summed E-state index contributed by atoms with van der Waals surface area (Å²) in [5.74, 6) is 0.854. The maximum Gasteiger partial charge on any atom is 0.313 e. The van der Waals surface area contributed by atoms with Crippen molar-refractivity contribution in [2.75, 3.05) is 13.2 Å². The molecule has 2 unspecified atom stereocenters. The number of fused-ring (bicyclic) bond motifs is 1. The quantitative estimate of drug-likeness (QED) is 0.627. The lowest BCUT2D eigenvalue weighted by Crippen LogP contribution is -2.31. The molecule has 2 fully saturated rings. The Kier molecular flexibility index (Phi) is 3.70. The SMILES string of the molecule is C=C1CC2COC(=O)C2(Cc2c(Cl)cccc2OCC)C1. The van der Waals surface area contributed by atoms with Gasteiger partial charge in [-0.3, -0.25) is 4.79 Å². The predicted molar refractivity (Wildman–Crippen MR) is 81.6 cm³/mol. The molecule has 1 aliphatic carbocycles. The number of rotatable bonds is 4. The van der Waals surface area contributed by atoms with E-state index in [1.165, 1.54) is 0 Å². The lowest BCUT2D eigenvalue weighted by Gasteiger charge is -2.25. The summed E-state index contributed by atoms with van der Waals surface area (Å²) < 4.78 is 11.0. The fourth-order valence-electron chi connectivity index (χ4n) is 3.58. The molecule has 112 valence electrons. The van der Waals surface area contributed by atoms with Crippen molar-refractivity contribution in [3.05, 3.63) is 40.9 Å². The minimum Gasteiger partial charge on any atom is -0.494 e. The molecule has 2 aliphatic rings. The highest BCUT2D eigenvalue weighted by molar-refractivity contribution is 6.31. The van der Waals surface area contributed by atoms with Crippen LogP contribution in [0.25, 0.3) is 0 Å². The Balaban J connectivity index is 1.99. The van der Waals surface area contributed by atoms with Crippen LogP contribution in [0, 0.1) is 11.3 Å². The van der Waals surface area contributed by atoms with Gasteiger partial charge in [0, 0.05) is 16.5 Å². The second-order valence-electron chi connectivity index (χ2n) is 5.91. The van der Waals surface area contributed by atoms with Gasteiger partial charge in [0.05, 0.1) is 18.6 Å². The van der Waals surface area contributed by atoms with Crippen LogP contribution >= 0.6 is 11.6 Å². The van der Waals surface area contributed by atoms with E-state index in [2.05, 4.69) is 6.58 Å². The molecule has 1 aliphatic heterocycles. The maximum absolute atomic E-state index is 12.4. The highest BCUT2D eigenvalue weighted by Gasteiger charge is 2.56. The van der Waals surface area contributed by atoms with E-state index in [0.717, 1.165) is 23.3 Å². The summed E-state index contributed by atoms with van der Waals surface area (Å²) in [6.45, 7) is 7.07. The Bertz CT molecular complexity index is 596. The van der Waals surface area contributed by atoms with Gasteiger partial charge >= 0.3 is 5.97 Å². The topological polar surface area (TPSA) is 35.5 Å². The molecule has 1 aromatic rings. The Morgan fingerprint density at radius 3 is 3.10 bits per heavy atom. The van der Waals surface area contributed by atoms with Crippen molar-refractivity contribution < 1.29 is 14.3 Å². The molecule has 1 heterocycles. The predicted octanol–water partition coefficient (Wildman–Crippen LogP) is 3.79. The molecule has 0 N–H and O–H groups in total. The number of benzene rings is 1. The Labute approximate surface area is 129 Å². The summed E-state index contributed by atoms with van der Waals surface area (Å²) in [7, 11) is 0. The molecule has 0 amide bonds. The Morgan fingerprint density at radius 1 is 1.52 bits per heavy atom. The third-order valence-electron chi connectivity index (χ3n) is 4.57. The molecule has 0 bridgehead atoms. The number of hydrogen-bond donors (Lipinski definition) is 0. The van der Waals surface area contributed by atoms with Gasteiger partial charge in [-0.25, -0.2) is 0 Å². The molecule has 1 aromatic carbocycles. The number of carbonyl (C=O) groups is 1. The molecule has 21 heavy (non-hydrogen) atoms. The normalized spacial score (nSPS) is 27.6. The standard InChI is InChI=1S/C17H19ClO3/c1-3-20-15-6-4-5-14(18)13(15)9-17-8-11(2)7-12(17)10-21-16(17)19/h4-6,12H,2-3,7-10H2,1H3. The number of halogens is 1. The molecule has 0 radical (unpaired) electrons. The van der Waals surface area contributed by atoms with Crippen molar-refractivity contribution in [1.82, 2.24) is 0 Å². The first-order valence-electron chi connectivity index (χ1n) is 7.31. The molecular weight excluding hydrogens is 288 g/mol. The third kappa shape index (κ3) is 2.34. The van der Waals surface area contributed by atoms with Gasteiger partial charge in [-0.2, -0.15) is 0 Å². The van der Waals surface area contributed by atoms with Crippen molar-refractivity contribution in [3.63, 3.8) is 0 Å². The van der Waals surface area contributed by atoms with E-state index >= 15 is 0 Å². The zero-order valence-corrected chi connectivity index (χ0v) is 12.9. The highest BCUT2D eigenvalue weighted by Crippen LogP contribution is 2.53. The van der Waals surface area contributed by atoms with E-state index in [1.807, 2.05) is 25.1 Å². The van der Waals surface area contributed by atoms with Crippen LogP contribution in [0.5, 0.6) is 5.75 Å². The third-order valence-corrected chi connectivity index (χ3v) is 4.93. The summed E-state index contributed by atoms with van der Waals surface area (Å²) >= 11 is 6.36. The first-order chi connectivity index (χ1) is 10.1. The van der Waals surface area contributed by atoms with E-state index < -0.39 is 5.41 Å². The zero-order valence-electron chi connectivity index (χ0n) is 12.2. The van der Waals surface area contributed by atoms with Gasteiger partial charge in [-0.05, 0) is 38.3 Å². The van der Waals surface area contributed by atoms with Crippen LogP contribution in [0.4, 0.5) is 0 Å². The fourth-order valence-corrected chi connectivity index (χ4v) is 3.81. The second kappa shape index (κ2) is 5.38. The van der Waals surface area contributed by atoms with Crippen molar-refractivity contribution in [3.8, 4) is 5.75 Å². The van der Waals surface area contributed by atoms with E-state index in [0.29, 0.717) is 31.1 Å². The monoisotopic (exact) mass is 306 g/mol. The fraction of sp³-hybridized carbons (Fsp3) is 0.471. The molecule has 1 saturated carbocycles. The number of allylic oxidation sites excluding steroid dienone is 1. The van der Waals surface area contributed by atoms with E-state index in [-0.39, 0.29) is 11.9 Å². The number of ether oxygens (including phenoxy) is 2. The van der Waals surface area contributed by atoms with Crippen LogP contribution < -0.4 is 4.74 Å². The summed E-state index contributed by atoms with van der Waals surface area (Å²) in [5, 5.41) is 0.645. The van der Waals surface area contributed by atoms with Crippen LogP contribution in [0.1, 0.15) is 25.3 Å². The van der Waals surface area contributed by atoms with Crippen LogP contribution in [-0.2, 0) is 16.0 Å². The van der Waals surface area contributed by atoms with Crippen LogP contribution in [0.2, 0.25) is 5.02 Å². The van der Waals surface area contributed by atoms with Crippen LogP contribution in [-0.4, -0.2) is 19.2 Å². The number of esters is 1. The number of carbonyl (C=O) groups excluding carboxylic acids is 1. The first-order valence-corrected chi connectivity index (χ1v) is 7.68. The Hall–Kier alpha value is -1.48. The maximum atomic E-state index is 12.4. The zero-order chi connectivity index (χ0) is 15.0. The molecule has 2 atom stereocenters. The van der Waals surface area contributed by atoms with E-state index in [9.17, 15) is 4.79 Å². The molecule has 3 nitrogen and oxygen atoms in total. The molecule has 0 aromatic heterocycles. The highest BCUT2D eigenvalue weighted by atomic mass is 35.5. The van der Waals surface area contributed by atoms with Gasteiger partial charge in [0.2, 0.25) is 0 Å². The second-order valence-corrected chi connectivity index (χ2v) is 6.32. The van der Waals surface area contributed by atoms with Crippen LogP contribution in [0.15, 0.2) is 30.4 Å². The molecule has 4 heteroatoms. The molecule has 0 spiro atoms. The largest absolute Gasteiger partial charge is 0.494 e. The average molecular weight is 307 g/mol. The molecular formula is C17H19ClO3. The van der Waals surface area contributed by atoms with Crippen LogP contribution in [0.3, 0.4) is 0 Å². The van der Waals surface area contributed by atoms with Gasteiger partial charge in [-0.1, -0.05) is 29.8 Å². The minimum atomic E-state index is -0.506. The van der Waals surface area contributed by atoms with E-state index in [4.69, 9.17) is 21.1 Å². The summed E-state index contributed by atoms with van der Waals surface area (Å²) in [4.78, 5) is 12.4. The first kappa shape index (κ1) is 14.5. The van der Waals surface area contributed by atoms with E-state index in [1.54, 1.807) is 0 Å². The molecule has 3 rings (SSSR count). The van der Waals surface area contributed by atoms with Crippen molar-refractivity contribution >= 4 is 17.6 Å². The number of cyclic esters (lactones) is 1. The average Bonchev–Trinajstić information content (AvgIpc) is 2.90. The lowest BCUT2D eigenvalue weighted by atomic mass is 9.75. The van der Waals surface area contributed by atoms with Gasteiger partial charge in [0.15, 0.2) is 0 Å². The smallest absolute Gasteiger partial charge is 0.313 e. The summed E-state index contributed by atoms with van der Waals surface area (Å²) in [6.07, 6.45) is 2.11.